The third kappa shape index (κ3) is 2.87. The van der Waals surface area contributed by atoms with Crippen LogP contribution in [0, 0.1) is 20.8 Å². The maximum Gasteiger partial charge on any atom is 0.250 e. The number of H-pyrrole nitrogens is 1. The van der Waals surface area contributed by atoms with Crippen molar-refractivity contribution >= 4 is 10.0 Å². The van der Waals surface area contributed by atoms with Gasteiger partial charge in [-0.05, 0) is 20.4 Å². The van der Waals surface area contributed by atoms with Crippen LogP contribution >= 0.6 is 0 Å². The molecule has 2 aromatic rings. The van der Waals surface area contributed by atoms with E-state index < -0.39 is 10.0 Å². The van der Waals surface area contributed by atoms with E-state index in [1.54, 1.807) is 18.2 Å². The average Bonchev–Trinajstić information content (AvgIpc) is 3.10. The molecule has 1 N–H and O–H groups in total. The first-order chi connectivity index (χ1) is 11.3. The van der Waals surface area contributed by atoms with Crippen molar-refractivity contribution in [2.45, 2.75) is 32.6 Å². The Morgan fingerprint density at radius 3 is 2.29 bits per heavy atom. The monoisotopic (exact) mass is 353 g/mol. The highest BCUT2D eigenvalue weighted by Crippen LogP contribution is 2.34. The molecule has 1 aliphatic heterocycles. The lowest BCUT2D eigenvalue weighted by Gasteiger charge is -2.33. The summed E-state index contributed by atoms with van der Waals surface area (Å²) in [7, 11) is -3.63. The van der Waals surface area contributed by atoms with Crippen LogP contribution in [0.4, 0.5) is 0 Å². The van der Waals surface area contributed by atoms with Gasteiger partial charge in [0.05, 0.1) is 5.56 Å². The molecule has 132 valence electrons. The molecule has 0 atom stereocenters. The Morgan fingerprint density at radius 1 is 1.08 bits per heavy atom. The van der Waals surface area contributed by atoms with E-state index in [9.17, 15) is 8.42 Å². The molecule has 0 radical (unpaired) electrons. The van der Waals surface area contributed by atoms with E-state index in [0.29, 0.717) is 35.9 Å². The van der Waals surface area contributed by atoms with Crippen molar-refractivity contribution in [3.63, 3.8) is 0 Å². The Bertz CT molecular complexity index is 831. The molecule has 0 saturated carbocycles. The summed E-state index contributed by atoms with van der Waals surface area (Å²) < 4.78 is 33.5. The molecule has 0 amide bonds. The van der Waals surface area contributed by atoms with Crippen molar-refractivity contribution in [2.24, 2.45) is 0 Å². The maximum atomic E-state index is 13.2. The van der Waals surface area contributed by atoms with Gasteiger partial charge in [-0.3, -0.25) is 0 Å². The SMILES string of the molecule is CCN1CCN(S(=O)(=O)c2c(C)[nH]c(C)c2-c2nnc(C)o2)CC1. The van der Waals surface area contributed by atoms with Crippen molar-refractivity contribution in [1.82, 2.24) is 24.4 Å². The van der Waals surface area contributed by atoms with E-state index in [-0.39, 0.29) is 10.8 Å². The first-order valence-electron chi connectivity index (χ1n) is 8.06. The van der Waals surface area contributed by atoms with Gasteiger partial charge in [-0.15, -0.1) is 10.2 Å². The minimum atomic E-state index is -3.63. The molecule has 9 heteroatoms. The summed E-state index contributed by atoms with van der Waals surface area (Å²) in [4.78, 5) is 5.59. The topological polar surface area (TPSA) is 95.3 Å². The normalized spacial score (nSPS) is 17.5. The van der Waals surface area contributed by atoms with Crippen molar-refractivity contribution in [2.75, 3.05) is 32.7 Å². The average molecular weight is 353 g/mol. The summed E-state index contributed by atoms with van der Waals surface area (Å²) in [6.07, 6.45) is 0. The van der Waals surface area contributed by atoms with Gasteiger partial charge in [0.2, 0.25) is 15.9 Å². The van der Waals surface area contributed by atoms with Gasteiger partial charge in [0.1, 0.15) is 4.90 Å². The molecular formula is C15H23N5O3S. The van der Waals surface area contributed by atoms with Crippen LogP contribution in [0.5, 0.6) is 0 Å². The van der Waals surface area contributed by atoms with E-state index in [1.807, 2.05) is 6.92 Å². The second-order valence-corrected chi connectivity index (χ2v) is 7.92. The number of nitrogens with one attached hydrogen (secondary N) is 1. The quantitative estimate of drug-likeness (QED) is 0.890. The highest BCUT2D eigenvalue weighted by molar-refractivity contribution is 7.89. The first-order valence-corrected chi connectivity index (χ1v) is 9.50. The van der Waals surface area contributed by atoms with Gasteiger partial charge in [0.25, 0.3) is 5.89 Å². The highest BCUT2D eigenvalue weighted by Gasteiger charge is 2.35. The van der Waals surface area contributed by atoms with E-state index in [4.69, 9.17) is 4.42 Å². The number of aromatic nitrogens is 3. The Hall–Kier alpha value is -1.71. The fraction of sp³-hybridized carbons (Fsp3) is 0.600. The van der Waals surface area contributed by atoms with Gasteiger partial charge >= 0.3 is 0 Å². The Morgan fingerprint density at radius 2 is 1.75 bits per heavy atom. The molecule has 24 heavy (non-hydrogen) atoms. The first kappa shape index (κ1) is 17.1. The second kappa shape index (κ2) is 6.30. The number of piperazine rings is 1. The Balaban J connectivity index is 2.03. The maximum absolute atomic E-state index is 13.2. The smallest absolute Gasteiger partial charge is 0.250 e. The summed E-state index contributed by atoms with van der Waals surface area (Å²) in [5, 5.41) is 7.83. The predicted octanol–water partition coefficient (Wildman–Crippen LogP) is 1.32. The van der Waals surface area contributed by atoms with Gasteiger partial charge < -0.3 is 14.3 Å². The lowest BCUT2D eigenvalue weighted by atomic mass is 10.2. The van der Waals surface area contributed by atoms with E-state index in [1.165, 1.54) is 0 Å². The molecule has 0 bridgehead atoms. The lowest BCUT2D eigenvalue weighted by Crippen LogP contribution is -2.48. The molecule has 2 aromatic heterocycles. The molecular weight excluding hydrogens is 330 g/mol. The van der Waals surface area contributed by atoms with Crippen LogP contribution in [-0.4, -0.2) is 65.5 Å². The van der Waals surface area contributed by atoms with Gasteiger partial charge in [0, 0.05) is 44.5 Å². The number of rotatable bonds is 4. The minimum Gasteiger partial charge on any atom is -0.421 e. The Labute approximate surface area is 141 Å². The zero-order chi connectivity index (χ0) is 17.5. The third-order valence-electron chi connectivity index (χ3n) is 4.43. The van der Waals surface area contributed by atoms with Gasteiger partial charge in [-0.1, -0.05) is 6.92 Å². The van der Waals surface area contributed by atoms with Crippen LogP contribution in [0.2, 0.25) is 0 Å². The van der Waals surface area contributed by atoms with E-state index in [0.717, 1.165) is 19.6 Å². The largest absolute Gasteiger partial charge is 0.421 e. The zero-order valence-corrected chi connectivity index (χ0v) is 15.3. The van der Waals surface area contributed by atoms with Crippen LogP contribution < -0.4 is 0 Å². The number of aryl methyl sites for hydroxylation is 3. The summed E-state index contributed by atoms with van der Waals surface area (Å²) in [5.74, 6) is 0.642. The van der Waals surface area contributed by atoms with Crippen LogP contribution in [0.25, 0.3) is 11.5 Å². The standard InChI is InChI=1S/C15H23N5O3S/c1-5-19-6-8-20(9-7-19)24(21,22)14-11(3)16-10(2)13(14)15-18-17-12(4)23-15/h16H,5-9H2,1-4H3. The molecule has 1 saturated heterocycles. The fourth-order valence-electron chi connectivity index (χ4n) is 3.15. The highest BCUT2D eigenvalue weighted by atomic mass is 32.2. The molecule has 0 aromatic carbocycles. The zero-order valence-electron chi connectivity index (χ0n) is 14.5. The van der Waals surface area contributed by atoms with E-state index >= 15 is 0 Å². The number of aromatic amines is 1. The van der Waals surface area contributed by atoms with Crippen LogP contribution in [0.1, 0.15) is 24.2 Å². The van der Waals surface area contributed by atoms with Crippen molar-refractivity contribution < 1.29 is 12.8 Å². The van der Waals surface area contributed by atoms with Crippen LogP contribution in [0.15, 0.2) is 9.31 Å². The van der Waals surface area contributed by atoms with Gasteiger partial charge in [-0.25, -0.2) is 8.42 Å². The summed E-state index contributed by atoms with van der Waals surface area (Å²) >= 11 is 0. The molecule has 0 spiro atoms. The number of nitrogens with zero attached hydrogens (tertiary/aromatic N) is 4. The second-order valence-electron chi connectivity index (χ2n) is 6.04. The molecule has 3 heterocycles. The lowest BCUT2D eigenvalue weighted by molar-refractivity contribution is 0.196. The van der Waals surface area contributed by atoms with Crippen molar-refractivity contribution in [3.05, 3.63) is 17.3 Å². The van der Waals surface area contributed by atoms with Crippen molar-refractivity contribution in [3.8, 4) is 11.5 Å². The third-order valence-corrected chi connectivity index (χ3v) is 6.51. The molecule has 1 fully saturated rings. The van der Waals surface area contributed by atoms with Crippen LogP contribution in [0.3, 0.4) is 0 Å². The molecule has 8 nitrogen and oxygen atoms in total. The molecule has 3 rings (SSSR count). The van der Waals surface area contributed by atoms with Gasteiger partial charge in [0.15, 0.2) is 0 Å². The number of hydrogen-bond donors (Lipinski definition) is 1. The predicted molar refractivity (Wildman–Crippen MR) is 89.2 cm³/mol. The summed E-state index contributed by atoms with van der Waals surface area (Å²) in [5.41, 5.74) is 1.78. The molecule has 0 unspecified atom stereocenters. The summed E-state index contributed by atoms with van der Waals surface area (Å²) in [6, 6.07) is 0. The Kier molecular flexibility index (Phi) is 4.50. The minimum absolute atomic E-state index is 0.236. The summed E-state index contributed by atoms with van der Waals surface area (Å²) in [6.45, 7) is 10.7. The number of sulfonamides is 1. The van der Waals surface area contributed by atoms with Gasteiger partial charge in [-0.2, -0.15) is 4.31 Å². The fourth-order valence-corrected chi connectivity index (χ4v) is 4.99. The molecule has 1 aliphatic rings. The van der Waals surface area contributed by atoms with Crippen LogP contribution in [-0.2, 0) is 10.0 Å². The number of likely N-dealkylation sites (N-methyl/N-ethyl adjacent to an activating group) is 1. The number of hydrogen-bond acceptors (Lipinski definition) is 6. The van der Waals surface area contributed by atoms with Crippen molar-refractivity contribution in [1.29, 1.82) is 0 Å². The van der Waals surface area contributed by atoms with E-state index in [2.05, 4.69) is 27.0 Å². The molecule has 0 aliphatic carbocycles.